The maximum Gasteiger partial charge on any atom is 0.0490 e. The van der Waals surface area contributed by atoms with E-state index in [1.165, 1.54) is 25.9 Å². The lowest BCUT2D eigenvalue weighted by Crippen LogP contribution is -2.32. The van der Waals surface area contributed by atoms with Crippen LogP contribution < -0.4 is 5.32 Å². The second-order valence-electron chi connectivity index (χ2n) is 3.52. The topological polar surface area (TPSA) is 21.3 Å². The molecule has 0 amide bonds. The highest BCUT2D eigenvalue weighted by Crippen LogP contribution is 2.21. The number of nitrogens with one attached hydrogen (secondary N) is 1. The highest BCUT2D eigenvalue weighted by Gasteiger charge is 2.18. The molecule has 0 radical (unpaired) electrons. The first kappa shape index (κ1) is 12.2. The average molecular weight is 194 g/mol. The highest BCUT2D eigenvalue weighted by atomic mass is 35.5. The zero-order valence-corrected chi connectivity index (χ0v) is 8.82. The molecular formula is C9H20ClNO. The van der Waals surface area contributed by atoms with Gasteiger partial charge in [-0.3, -0.25) is 0 Å². The normalized spacial score (nSPS) is 21.5. The van der Waals surface area contributed by atoms with Crippen molar-refractivity contribution < 1.29 is 4.74 Å². The van der Waals surface area contributed by atoms with E-state index in [2.05, 4.69) is 12.2 Å². The van der Waals surface area contributed by atoms with Crippen LogP contribution in [0.15, 0.2) is 0 Å². The Balaban J connectivity index is 0.00000121. The molecule has 12 heavy (non-hydrogen) atoms. The third kappa shape index (κ3) is 3.74. The molecule has 1 atom stereocenters. The number of hydrogen-bond acceptors (Lipinski definition) is 2. The number of methoxy groups -OCH3 is 1. The molecule has 0 bridgehead atoms. The minimum absolute atomic E-state index is 0. The summed E-state index contributed by atoms with van der Waals surface area (Å²) in [6.07, 6.45) is 2.65. The molecule has 2 nitrogen and oxygen atoms in total. The van der Waals surface area contributed by atoms with Gasteiger partial charge in [0, 0.05) is 13.7 Å². The molecule has 1 rings (SSSR count). The molecule has 1 unspecified atom stereocenters. The van der Waals surface area contributed by atoms with E-state index in [0.717, 1.165) is 18.4 Å². The van der Waals surface area contributed by atoms with Gasteiger partial charge < -0.3 is 10.1 Å². The van der Waals surface area contributed by atoms with Crippen LogP contribution in [0.2, 0.25) is 0 Å². The molecular weight excluding hydrogens is 174 g/mol. The van der Waals surface area contributed by atoms with Gasteiger partial charge in [-0.15, -0.1) is 12.4 Å². The number of rotatable bonds is 3. The SMILES string of the molecule is COCC(C)C1CCNCC1.Cl. The lowest BCUT2D eigenvalue weighted by atomic mass is 9.87. The quantitative estimate of drug-likeness (QED) is 0.737. The predicted octanol–water partition coefficient (Wildman–Crippen LogP) is 1.69. The van der Waals surface area contributed by atoms with Crippen molar-refractivity contribution in [3.05, 3.63) is 0 Å². The first-order valence-electron chi connectivity index (χ1n) is 4.54. The summed E-state index contributed by atoms with van der Waals surface area (Å²) < 4.78 is 5.14. The van der Waals surface area contributed by atoms with Crippen molar-refractivity contribution in [1.82, 2.24) is 5.32 Å². The van der Waals surface area contributed by atoms with E-state index >= 15 is 0 Å². The molecule has 1 aliphatic heterocycles. The van der Waals surface area contributed by atoms with Gasteiger partial charge in [-0.25, -0.2) is 0 Å². The summed E-state index contributed by atoms with van der Waals surface area (Å²) in [7, 11) is 1.79. The van der Waals surface area contributed by atoms with E-state index in [1.54, 1.807) is 7.11 Å². The molecule has 0 aromatic heterocycles. The number of halogens is 1. The van der Waals surface area contributed by atoms with E-state index in [0.29, 0.717) is 0 Å². The van der Waals surface area contributed by atoms with Crippen LogP contribution in [0.1, 0.15) is 19.8 Å². The zero-order valence-electron chi connectivity index (χ0n) is 8.01. The predicted molar refractivity (Wildman–Crippen MR) is 53.9 cm³/mol. The molecule has 0 aromatic carbocycles. The summed E-state index contributed by atoms with van der Waals surface area (Å²) in [6, 6.07) is 0. The van der Waals surface area contributed by atoms with Crippen LogP contribution in [0.4, 0.5) is 0 Å². The Morgan fingerprint density at radius 2 is 2.00 bits per heavy atom. The van der Waals surface area contributed by atoms with E-state index < -0.39 is 0 Å². The van der Waals surface area contributed by atoms with E-state index in [1.807, 2.05) is 0 Å². The number of hydrogen-bond donors (Lipinski definition) is 1. The van der Waals surface area contributed by atoms with E-state index in [4.69, 9.17) is 4.74 Å². The van der Waals surface area contributed by atoms with Crippen LogP contribution >= 0.6 is 12.4 Å². The van der Waals surface area contributed by atoms with Crippen molar-refractivity contribution in [3.8, 4) is 0 Å². The Bertz CT molecular complexity index is 105. The van der Waals surface area contributed by atoms with Gasteiger partial charge in [0.25, 0.3) is 0 Å². The van der Waals surface area contributed by atoms with Gasteiger partial charge in [-0.05, 0) is 37.8 Å². The second kappa shape index (κ2) is 6.70. The lowest BCUT2D eigenvalue weighted by molar-refractivity contribution is 0.117. The fraction of sp³-hybridized carbons (Fsp3) is 1.00. The van der Waals surface area contributed by atoms with Crippen molar-refractivity contribution in [3.63, 3.8) is 0 Å². The van der Waals surface area contributed by atoms with Crippen LogP contribution in [0.5, 0.6) is 0 Å². The first-order valence-corrected chi connectivity index (χ1v) is 4.54. The summed E-state index contributed by atoms with van der Waals surface area (Å²) in [5.41, 5.74) is 0. The fourth-order valence-corrected chi connectivity index (χ4v) is 1.81. The largest absolute Gasteiger partial charge is 0.384 e. The van der Waals surface area contributed by atoms with Gasteiger partial charge >= 0.3 is 0 Å². The third-order valence-electron chi connectivity index (χ3n) is 2.62. The van der Waals surface area contributed by atoms with Crippen LogP contribution in [-0.2, 0) is 4.74 Å². The van der Waals surface area contributed by atoms with Gasteiger partial charge in [0.2, 0.25) is 0 Å². The molecule has 0 saturated carbocycles. The number of piperidine rings is 1. The fourth-order valence-electron chi connectivity index (χ4n) is 1.81. The van der Waals surface area contributed by atoms with Crippen molar-refractivity contribution >= 4 is 12.4 Å². The van der Waals surface area contributed by atoms with Crippen molar-refractivity contribution in [2.45, 2.75) is 19.8 Å². The smallest absolute Gasteiger partial charge is 0.0490 e. The molecule has 1 heterocycles. The lowest BCUT2D eigenvalue weighted by Gasteiger charge is -2.27. The highest BCUT2D eigenvalue weighted by molar-refractivity contribution is 5.85. The molecule has 0 aliphatic carbocycles. The average Bonchev–Trinajstić information content (AvgIpc) is 2.07. The summed E-state index contributed by atoms with van der Waals surface area (Å²) in [5, 5.41) is 3.37. The molecule has 3 heteroatoms. The standard InChI is InChI=1S/C9H19NO.ClH/c1-8(7-11-2)9-3-5-10-6-4-9;/h8-10H,3-7H2,1-2H3;1H. The number of ether oxygens (including phenoxy) is 1. The van der Waals surface area contributed by atoms with Gasteiger partial charge in [-0.1, -0.05) is 6.92 Å². The van der Waals surface area contributed by atoms with Gasteiger partial charge in [0.15, 0.2) is 0 Å². The van der Waals surface area contributed by atoms with Crippen LogP contribution in [0, 0.1) is 11.8 Å². The summed E-state index contributed by atoms with van der Waals surface area (Å²) in [6.45, 7) is 5.60. The molecule has 1 aliphatic rings. The van der Waals surface area contributed by atoms with Crippen molar-refractivity contribution in [1.29, 1.82) is 0 Å². The van der Waals surface area contributed by atoms with Crippen molar-refractivity contribution in [2.75, 3.05) is 26.8 Å². The Morgan fingerprint density at radius 1 is 1.42 bits per heavy atom. The van der Waals surface area contributed by atoms with Gasteiger partial charge in [-0.2, -0.15) is 0 Å². The Morgan fingerprint density at radius 3 is 2.50 bits per heavy atom. The molecule has 0 spiro atoms. The molecule has 74 valence electrons. The Hall–Kier alpha value is 0.210. The van der Waals surface area contributed by atoms with Crippen LogP contribution in [-0.4, -0.2) is 26.8 Å². The molecule has 1 saturated heterocycles. The monoisotopic (exact) mass is 193 g/mol. The Kier molecular flexibility index (Phi) is 6.81. The first-order chi connectivity index (χ1) is 5.34. The molecule has 1 fully saturated rings. The van der Waals surface area contributed by atoms with Crippen LogP contribution in [0.3, 0.4) is 0 Å². The van der Waals surface area contributed by atoms with E-state index in [9.17, 15) is 0 Å². The zero-order chi connectivity index (χ0) is 8.10. The Labute approximate surface area is 81.5 Å². The molecule has 0 aromatic rings. The minimum Gasteiger partial charge on any atom is -0.384 e. The summed E-state index contributed by atoms with van der Waals surface area (Å²) in [4.78, 5) is 0. The van der Waals surface area contributed by atoms with Gasteiger partial charge in [0.05, 0.1) is 0 Å². The molecule has 1 N–H and O–H groups in total. The summed E-state index contributed by atoms with van der Waals surface area (Å²) in [5.74, 6) is 1.62. The maximum atomic E-state index is 5.14. The minimum atomic E-state index is 0. The third-order valence-corrected chi connectivity index (χ3v) is 2.62. The maximum absolute atomic E-state index is 5.14. The summed E-state index contributed by atoms with van der Waals surface area (Å²) >= 11 is 0. The van der Waals surface area contributed by atoms with Gasteiger partial charge in [0.1, 0.15) is 0 Å². The second-order valence-corrected chi connectivity index (χ2v) is 3.52. The van der Waals surface area contributed by atoms with Crippen molar-refractivity contribution in [2.24, 2.45) is 11.8 Å². The van der Waals surface area contributed by atoms with E-state index in [-0.39, 0.29) is 12.4 Å². The van der Waals surface area contributed by atoms with Crippen LogP contribution in [0.25, 0.3) is 0 Å².